The Balaban J connectivity index is 1.22. The Morgan fingerprint density at radius 1 is 1.03 bits per heavy atom. The van der Waals surface area contributed by atoms with Crippen molar-refractivity contribution in [1.29, 1.82) is 0 Å². The molecule has 4 heterocycles. The number of piperidine rings is 1. The van der Waals surface area contributed by atoms with Gasteiger partial charge >= 0.3 is 0 Å². The summed E-state index contributed by atoms with van der Waals surface area (Å²) in [6.45, 7) is 1.49. The Morgan fingerprint density at radius 2 is 1.86 bits per heavy atom. The van der Waals surface area contributed by atoms with E-state index in [-0.39, 0.29) is 11.8 Å². The minimum atomic E-state index is -0.0455. The number of nitrogens with one attached hydrogen (secondary N) is 2. The fraction of sp³-hybridized carbons (Fsp3) is 0.278. The van der Waals surface area contributed by atoms with Crippen LogP contribution in [0, 0.1) is 5.92 Å². The maximum absolute atomic E-state index is 12.7. The maximum atomic E-state index is 12.7. The first-order valence-electron chi connectivity index (χ1n) is 9.30. The van der Waals surface area contributed by atoms with E-state index in [0.717, 1.165) is 48.5 Å². The van der Waals surface area contributed by atoms with E-state index in [2.05, 4.69) is 45.7 Å². The molecule has 1 aliphatic rings. The van der Waals surface area contributed by atoms with Crippen LogP contribution in [-0.4, -0.2) is 59.1 Å². The summed E-state index contributed by atoms with van der Waals surface area (Å²) >= 11 is 0. The van der Waals surface area contributed by atoms with Crippen LogP contribution in [-0.2, 0) is 4.79 Å². The van der Waals surface area contributed by atoms with E-state index >= 15 is 0 Å². The summed E-state index contributed by atoms with van der Waals surface area (Å²) in [5.41, 5.74) is 2.23. The number of aromatic nitrogens is 8. The topological polar surface area (TPSA) is 130 Å². The van der Waals surface area contributed by atoms with Crippen molar-refractivity contribution in [3.8, 4) is 5.82 Å². The quantitative estimate of drug-likeness (QED) is 0.531. The minimum absolute atomic E-state index is 0.0264. The molecule has 1 aromatic carbocycles. The van der Waals surface area contributed by atoms with E-state index in [1.54, 1.807) is 11.0 Å². The number of anilines is 2. The highest BCUT2D eigenvalue weighted by molar-refractivity contribution is 5.94. The average Bonchev–Trinajstić information content (AvgIpc) is 3.46. The molecule has 1 saturated heterocycles. The highest BCUT2D eigenvalue weighted by atomic mass is 16.1. The number of carbonyl (C=O) groups excluding carboxylic acids is 1. The fourth-order valence-corrected chi connectivity index (χ4v) is 3.50. The van der Waals surface area contributed by atoms with Crippen molar-refractivity contribution in [3.05, 3.63) is 43.2 Å². The molecule has 0 radical (unpaired) electrons. The largest absolute Gasteiger partial charge is 0.356 e. The molecule has 2 N–H and O–H groups in total. The summed E-state index contributed by atoms with van der Waals surface area (Å²) in [4.78, 5) is 27.4. The Labute approximate surface area is 165 Å². The predicted molar refractivity (Wildman–Crippen MR) is 104 cm³/mol. The fourth-order valence-electron chi connectivity index (χ4n) is 3.50. The molecule has 1 fully saturated rings. The normalized spacial score (nSPS) is 15.0. The third-order valence-electron chi connectivity index (χ3n) is 5.07. The number of H-pyrrole nitrogens is 1. The standard InChI is InChI=1S/C18H18N10O/c29-18(23-13-1-2-14-15(7-13)25-26-24-14)12-3-5-27(6-4-12)16-8-17(21-10-20-16)28-11-19-9-22-28/h1-2,7-12H,3-6H2,(H,23,29)(H,24,25,26). The van der Waals surface area contributed by atoms with E-state index in [1.807, 2.05) is 24.3 Å². The van der Waals surface area contributed by atoms with Crippen LogP contribution < -0.4 is 10.2 Å². The Hall–Kier alpha value is -3.89. The first kappa shape index (κ1) is 17.2. The molecule has 5 rings (SSSR count). The molecule has 29 heavy (non-hydrogen) atoms. The van der Waals surface area contributed by atoms with Gasteiger partial charge in [-0.2, -0.15) is 20.5 Å². The van der Waals surface area contributed by atoms with Gasteiger partial charge in [0.05, 0.1) is 0 Å². The van der Waals surface area contributed by atoms with E-state index in [4.69, 9.17) is 0 Å². The number of amides is 1. The first-order chi connectivity index (χ1) is 14.3. The number of rotatable bonds is 4. The molecule has 0 spiro atoms. The number of benzene rings is 1. The van der Waals surface area contributed by atoms with Crippen LogP contribution in [0.3, 0.4) is 0 Å². The van der Waals surface area contributed by atoms with Crippen LogP contribution in [0.25, 0.3) is 16.9 Å². The third-order valence-corrected chi connectivity index (χ3v) is 5.07. The molecule has 4 aromatic rings. The zero-order valence-electron chi connectivity index (χ0n) is 15.4. The van der Waals surface area contributed by atoms with Gasteiger partial charge < -0.3 is 10.2 Å². The number of nitrogens with zero attached hydrogens (tertiary/aromatic N) is 8. The van der Waals surface area contributed by atoms with Crippen LogP contribution >= 0.6 is 0 Å². The van der Waals surface area contributed by atoms with Crippen LogP contribution in [0.2, 0.25) is 0 Å². The average molecular weight is 390 g/mol. The molecule has 0 bridgehead atoms. The van der Waals surface area contributed by atoms with E-state index < -0.39 is 0 Å². The molecule has 0 unspecified atom stereocenters. The first-order valence-corrected chi connectivity index (χ1v) is 9.30. The van der Waals surface area contributed by atoms with Crippen LogP contribution in [0.4, 0.5) is 11.5 Å². The van der Waals surface area contributed by atoms with Crippen molar-refractivity contribution in [1.82, 2.24) is 40.1 Å². The molecule has 11 heteroatoms. The lowest BCUT2D eigenvalue weighted by atomic mass is 9.96. The summed E-state index contributed by atoms with van der Waals surface area (Å²) in [6, 6.07) is 7.37. The van der Waals surface area contributed by atoms with Crippen molar-refractivity contribution >= 4 is 28.4 Å². The second kappa shape index (κ2) is 7.26. The third kappa shape index (κ3) is 3.49. The summed E-state index contributed by atoms with van der Waals surface area (Å²) in [7, 11) is 0. The predicted octanol–water partition coefficient (Wildman–Crippen LogP) is 1.18. The maximum Gasteiger partial charge on any atom is 0.227 e. The number of hydrogen-bond acceptors (Lipinski definition) is 8. The van der Waals surface area contributed by atoms with E-state index in [0.29, 0.717) is 5.82 Å². The molecular formula is C18H18N10O. The zero-order chi connectivity index (χ0) is 19.6. The number of hydrogen-bond donors (Lipinski definition) is 2. The molecule has 0 aliphatic carbocycles. The van der Waals surface area contributed by atoms with Gasteiger partial charge in [-0.3, -0.25) is 4.79 Å². The van der Waals surface area contributed by atoms with Crippen molar-refractivity contribution in [2.75, 3.05) is 23.3 Å². The summed E-state index contributed by atoms with van der Waals surface area (Å²) < 4.78 is 1.59. The van der Waals surface area contributed by atoms with Gasteiger partial charge in [0.15, 0.2) is 5.82 Å². The monoisotopic (exact) mass is 390 g/mol. The SMILES string of the molecule is O=C(Nc1ccc2n[nH]nc2c1)C1CCN(c2cc(-n3cncn3)ncn2)CC1. The van der Waals surface area contributed by atoms with Crippen molar-refractivity contribution in [3.63, 3.8) is 0 Å². The van der Waals surface area contributed by atoms with Crippen molar-refractivity contribution < 1.29 is 4.79 Å². The van der Waals surface area contributed by atoms with Gasteiger partial charge in [0.1, 0.15) is 35.8 Å². The Kier molecular flexibility index (Phi) is 4.31. The van der Waals surface area contributed by atoms with Crippen molar-refractivity contribution in [2.45, 2.75) is 12.8 Å². The molecule has 3 aromatic heterocycles. The van der Waals surface area contributed by atoms with Gasteiger partial charge in [-0.15, -0.1) is 0 Å². The molecule has 11 nitrogen and oxygen atoms in total. The molecule has 146 valence electrons. The molecule has 1 aliphatic heterocycles. The Morgan fingerprint density at radius 3 is 2.69 bits per heavy atom. The second-order valence-electron chi connectivity index (χ2n) is 6.85. The van der Waals surface area contributed by atoms with Crippen LogP contribution in [0.1, 0.15) is 12.8 Å². The summed E-state index contributed by atoms with van der Waals surface area (Å²) in [5.74, 6) is 1.46. The molecule has 0 atom stereocenters. The van der Waals surface area contributed by atoms with Crippen molar-refractivity contribution in [2.24, 2.45) is 5.92 Å². The molecular weight excluding hydrogens is 372 g/mol. The Bertz CT molecular complexity index is 1130. The van der Waals surface area contributed by atoms with Gasteiger partial charge in [-0.1, -0.05) is 0 Å². The van der Waals surface area contributed by atoms with Crippen LogP contribution in [0.5, 0.6) is 0 Å². The van der Waals surface area contributed by atoms with Gasteiger partial charge in [0.2, 0.25) is 5.91 Å². The summed E-state index contributed by atoms with van der Waals surface area (Å²) in [5, 5.41) is 17.7. The highest BCUT2D eigenvalue weighted by Crippen LogP contribution is 2.24. The van der Waals surface area contributed by atoms with E-state index in [1.165, 1.54) is 12.7 Å². The number of fused-ring (bicyclic) bond motifs is 1. The smallest absolute Gasteiger partial charge is 0.227 e. The minimum Gasteiger partial charge on any atom is -0.356 e. The van der Waals surface area contributed by atoms with Gasteiger partial charge in [-0.25, -0.2) is 19.6 Å². The second-order valence-corrected chi connectivity index (χ2v) is 6.85. The lowest BCUT2D eigenvalue weighted by Crippen LogP contribution is -2.38. The van der Waals surface area contributed by atoms with Gasteiger partial charge in [-0.05, 0) is 31.0 Å². The summed E-state index contributed by atoms with van der Waals surface area (Å²) in [6.07, 6.45) is 6.08. The molecule has 1 amide bonds. The lowest BCUT2D eigenvalue weighted by Gasteiger charge is -2.32. The number of carbonyl (C=O) groups is 1. The van der Waals surface area contributed by atoms with E-state index in [9.17, 15) is 4.79 Å². The lowest BCUT2D eigenvalue weighted by molar-refractivity contribution is -0.120. The zero-order valence-corrected chi connectivity index (χ0v) is 15.4. The highest BCUT2D eigenvalue weighted by Gasteiger charge is 2.26. The molecule has 0 saturated carbocycles. The number of aromatic amines is 1. The van der Waals surface area contributed by atoms with Crippen LogP contribution in [0.15, 0.2) is 43.2 Å². The van der Waals surface area contributed by atoms with Gasteiger partial charge in [0, 0.05) is 30.8 Å². The van der Waals surface area contributed by atoms with Gasteiger partial charge in [0.25, 0.3) is 0 Å².